The number of nitrogens with zero attached hydrogens (tertiary/aromatic N) is 2. The number of amides is 1. The van der Waals surface area contributed by atoms with Gasteiger partial charge in [0.2, 0.25) is 0 Å². The molecule has 2 heterocycles. The van der Waals surface area contributed by atoms with E-state index in [1.54, 1.807) is 17.9 Å². The van der Waals surface area contributed by atoms with Crippen molar-refractivity contribution in [2.45, 2.75) is 26.3 Å². The summed E-state index contributed by atoms with van der Waals surface area (Å²) in [5.74, 6) is 0.804. The van der Waals surface area contributed by atoms with Crippen molar-refractivity contribution in [3.05, 3.63) is 17.5 Å². The van der Waals surface area contributed by atoms with Crippen molar-refractivity contribution in [3.8, 4) is 0 Å². The van der Waals surface area contributed by atoms with Crippen LogP contribution >= 0.6 is 0 Å². The van der Waals surface area contributed by atoms with E-state index in [1.165, 1.54) is 0 Å². The smallest absolute Gasteiger partial charge is 0.276 e. The van der Waals surface area contributed by atoms with Gasteiger partial charge in [-0.15, -0.1) is 0 Å². The molecule has 0 saturated carbocycles. The van der Waals surface area contributed by atoms with E-state index in [0.717, 1.165) is 6.42 Å². The molecule has 0 spiro atoms. The monoisotopic (exact) mass is 224 g/mol. The number of aryl methyl sites for hydroxylation is 1. The summed E-state index contributed by atoms with van der Waals surface area (Å²) in [6.07, 6.45) is 0.924. The Bertz CT molecular complexity index is 388. The molecule has 5 nitrogen and oxygen atoms in total. The molecule has 0 aliphatic carbocycles. The zero-order valence-corrected chi connectivity index (χ0v) is 9.51. The van der Waals surface area contributed by atoms with Crippen molar-refractivity contribution in [2.75, 3.05) is 13.2 Å². The number of carbonyl (C=O) groups excluding carboxylic acids is 1. The van der Waals surface area contributed by atoms with Crippen molar-refractivity contribution in [3.63, 3.8) is 0 Å². The largest absolute Gasteiger partial charge is 0.394 e. The molecule has 1 aromatic heterocycles. The molecule has 1 saturated heterocycles. The predicted molar refractivity (Wildman–Crippen MR) is 56.9 cm³/mol. The van der Waals surface area contributed by atoms with E-state index in [1.807, 2.05) is 6.92 Å². The number of rotatable bonds is 2. The molecule has 0 radical (unpaired) electrons. The average Bonchev–Trinajstić information content (AvgIpc) is 2.83. The summed E-state index contributed by atoms with van der Waals surface area (Å²) in [4.78, 5) is 13.7. The normalized spacial score (nSPS) is 25.1. The average molecular weight is 224 g/mol. The third kappa shape index (κ3) is 1.82. The third-order valence-electron chi connectivity index (χ3n) is 3.18. The van der Waals surface area contributed by atoms with Gasteiger partial charge in [0, 0.05) is 12.6 Å². The Morgan fingerprint density at radius 3 is 3.06 bits per heavy atom. The highest BCUT2D eigenvalue weighted by molar-refractivity contribution is 5.92. The van der Waals surface area contributed by atoms with Crippen LogP contribution in [0.3, 0.4) is 0 Å². The summed E-state index contributed by atoms with van der Waals surface area (Å²) < 4.78 is 4.88. The van der Waals surface area contributed by atoms with Crippen LogP contribution in [0.5, 0.6) is 0 Å². The quantitative estimate of drug-likeness (QED) is 0.807. The molecule has 1 fully saturated rings. The van der Waals surface area contributed by atoms with E-state index in [4.69, 9.17) is 4.52 Å². The minimum atomic E-state index is -0.153. The Hall–Kier alpha value is -1.36. The first kappa shape index (κ1) is 11.1. The Morgan fingerprint density at radius 1 is 1.75 bits per heavy atom. The standard InChI is InChI=1S/C11H16N2O3/c1-7-3-4-13(10(7)6-14)11(15)9-5-8(2)16-12-9/h5,7,10,14H,3-4,6H2,1-2H3. The molecule has 1 amide bonds. The first-order chi connectivity index (χ1) is 7.63. The lowest BCUT2D eigenvalue weighted by Gasteiger charge is -2.24. The molecule has 0 bridgehead atoms. The zero-order valence-electron chi connectivity index (χ0n) is 9.51. The van der Waals surface area contributed by atoms with E-state index in [0.29, 0.717) is 23.9 Å². The first-order valence-corrected chi connectivity index (χ1v) is 5.48. The van der Waals surface area contributed by atoms with Gasteiger partial charge < -0.3 is 14.5 Å². The first-order valence-electron chi connectivity index (χ1n) is 5.48. The second-order valence-corrected chi connectivity index (χ2v) is 4.34. The summed E-state index contributed by atoms with van der Waals surface area (Å²) in [7, 11) is 0. The van der Waals surface area contributed by atoms with E-state index in [-0.39, 0.29) is 18.6 Å². The van der Waals surface area contributed by atoms with Crippen molar-refractivity contribution in [1.29, 1.82) is 0 Å². The molecule has 1 aliphatic heterocycles. The molecule has 16 heavy (non-hydrogen) atoms. The Morgan fingerprint density at radius 2 is 2.50 bits per heavy atom. The third-order valence-corrected chi connectivity index (χ3v) is 3.18. The maximum Gasteiger partial charge on any atom is 0.276 e. The second-order valence-electron chi connectivity index (χ2n) is 4.34. The fraction of sp³-hybridized carbons (Fsp3) is 0.636. The minimum Gasteiger partial charge on any atom is -0.394 e. The number of aliphatic hydroxyl groups is 1. The van der Waals surface area contributed by atoms with Gasteiger partial charge in [0.25, 0.3) is 5.91 Å². The lowest BCUT2D eigenvalue weighted by atomic mass is 10.0. The van der Waals surface area contributed by atoms with Gasteiger partial charge in [-0.25, -0.2) is 0 Å². The molecule has 88 valence electrons. The molecule has 5 heteroatoms. The molecule has 2 unspecified atom stereocenters. The SMILES string of the molecule is Cc1cc(C(=O)N2CCC(C)C2CO)no1. The number of hydrogen-bond donors (Lipinski definition) is 1. The van der Waals surface area contributed by atoms with Gasteiger partial charge in [0.15, 0.2) is 5.69 Å². The lowest BCUT2D eigenvalue weighted by Crippen LogP contribution is -2.39. The van der Waals surface area contributed by atoms with Gasteiger partial charge >= 0.3 is 0 Å². The molecule has 1 aromatic rings. The number of likely N-dealkylation sites (tertiary alicyclic amines) is 1. The van der Waals surface area contributed by atoms with Crippen LogP contribution in [0.2, 0.25) is 0 Å². The Labute approximate surface area is 94.0 Å². The lowest BCUT2D eigenvalue weighted by molar-refractivity contribution is 0.0638. The summed E-state index contributed by atoms with van der Waals surface area (Å²) in [6, 6.07) is 1.53. The van der Waals surface area contributed by atoms with Gasteiger partial charge in [-0.05, 0) is 19.3 Å². The molecular formula is C11H16N2O3. The highest BCUT2D eigenvalue weighted by Crippen LogP contribution is 2.25. The van der Waals surface area contributed by atoms with Crippen LogP contribution in [-0.2, 0) is 0 Å². The molecule has 1 N–H and O–H groups in total. The molecular weight excluding hydrogens is 208 g/mol. The highest BCUT2D eigenvalue weighted by atomic mass is 16.5. The van der Waals surface area contributed by atoms with Gasteiger partial charge in [0.1, 0.15) is 5.76 Å². The second kappa shape index (κ2) is 4.25. The maximum atomic E-state index is 12.1. The van der Waals surface area contributed by atoms with Crippen LogP contribution in [0.25, 0.3) is 0 Å². The van der Waals surface area contributed by atoms with Crippen LogP contribution in [0.15, 0.2) is 10.6 Å². The van der Waals surface area contributed by atoms with Crippen molar-refractivity contribution in [1.82, 2.24) is 10.1 Å². The summed E-state index contributed by atoms with van der Waals surface area (Å²) in [5.41, 5.74) is 0.324. The van der Waals surface area contributed by atoms with Crippen molar-refractivity contribution < 1.29 is 14.4 Å². The highest BCUT2D eigenvalue weighted by Gasteiger charge is 2.35. The van der Waals surface area contributed by atoms with Crippen LogP contribution < -0.4 is 0 Å². The van der Waals surface area contributed by atoms with Crippen LogP contribution in [0.1, 0.15) is 29.6 Å². The summed E-state index contributed by atoms with van der Waals surface area (Å²) in [5, 5.41) is 13.0. The van der Waals surface area contributed by atoms with Crippen LogP contribution in [0, 0.1) is 12.8 Å². The van der Waals surface area contributed by atoms with E-state index in [2.05, 4.69) is 5.16 Å². The van der Waals surface area contributed by atoms with Gasteiger partial charge in [-0.2, -0.15) is 0 Å². The summed E-state index contributed by atoms with van der Waals surface area (Å²) >= 11 is 0. The topological polar surface area (TPSA) is 66.6 Å². The molecule has 2 rings (SSSR count). The van der Waals surface area contributed by atoms with Crippen LogP contribution in [-0.4, -0.2) is 40.3 Å². The fourth-order valence-corrected chi connectivity index (χ4v) is 2.15. The fourth-order valence-electron chi connectivity index (χ4n) is 2.15. The van der Waals surface area contributed by atoms with Gasteiger partial charge in [0.05, 0.1) is 12.6 Å². The molecule has 0 aromatic carbocycles. The maximum absolute atomic E-state index is 12.1. The predicted octanol–water partition coefficient (Wildman–Crippen LogP) is 0.826. The Kier molecular flexibility index (Phi) is 2.96. The van der Waals surface area contributed by atoms with E-state index in [9.17, 15) is 9.90 Å². The zero-order chi connectivity index (χ0) is 11.7. The van der Waals surface area contributed by atoms with E-state index >= 15 is 0 Å². The number of aliphatic hydroxyl groups excluding tert-OH is 1. The number of aromatic nitrogens is 1. The molecule has 2 atom stereocenters. The Balaban J connectivity index is 2.16. The number of hydrogen-bond acceptors (Lipinski definition) is 4. The van der Waals surface area contributed by atoms with Crippen molar-refractivity contribution in [2.24, 2.45) is 5.92 Å². The van der Waals surface area contributed by atoms with Crippen LogP contribution in [0.4, 0.5) is 0 Å². The molecule has 1 aliphatic rings. The number of carbonyl (C=O) groups is 1. The van der Waals surface area contributed by atoms with Gasteiger partial charge in [-0.1, -0.05) is 12.1 Å². The minimum absolute atomic E-state index is 0.00371. The van der Waals surface area contributed by atoms with E-state index < -0.39 is 0 Å². The summed E-state index contributed by atoms with van der Waals surface area (Å²) in [6.45, 7) is 4.48. The van der Waals surface area contributed by atoms with Crippen molar-refractivity contribution >= 4 is 5.91 Å². The van der Waals surface area contributed by atoms with Gasteiger partial charge in [-0.3, -0.25) is 4.79 Å².